The summed E-state index contributed by atoms with van der Waals surface area (Å²) in [7, 11) is -3.48. The van der Waals surface area contributed by atoms with Crippen LogP contribution in [0.4, 0.5) is 11.4 Å². The molecule has 12 nitrogen and oxygen atoms in total. The highest BCUT2D eigenvalue weighted by molar-refractivity contribution is 7.91. The molecule has 4 aromatic rings. The van der Waals surface area contributed by atoms with E-state index in [1.165, 1.54) is 36.4 Å². The zero-order valence-corrected chi connectivity index (χ0v) is 19.6. The third-order valence-electron chi connectivity index (χ3n) is 4.17. The van der Waals surface area contributed by atoms with Gasteiger partial charge in [0.25, 0.3) is 11.1 Å². The fourth-order valence-electron chi connectivity index (χ4n) is 2.61. The summed E-state index contributed by atoms with van der Waals surface area (Å²) in [5.41, 5.74) is 11.6. The molecular weight excluding hydrogens is 476 g/mol. The summed E-state index contributed by atoms with van der Waals surface area (Å²) in [6.45, 7) is 3.30. The van der Waals surface area contributed by atoms with Crippen LogP contribution in [0.3, 0.4) is 0 Å². The van der Waals surface area contributed by atoms with E-state index in [1.54, 1.807) is 38.1 Å². The number of sulfone groups is 1. The SMILES string of the molecule is Cc1cc(=O)[nH]c(=O)[nH]1.Cc1cc(=O)[nH]c(=O)[nH]1.Nc1ccc(S(=O)(=O)c2ccc(N)cc2)cc1. The Bertz CT molecular complexity index is 1440. The first-order valence-corrected chi connectivity index (χ1v) is 11.4. The molecule has 0 radical (unpaired) electrons. The van der Waals surface area contributed by atoms with Crippen LogP contribution in [0.2, 0.25) is 0 Å². The van der Waals surface area contributed by atoms with E-state index in [1.807, 2.05) is 9.97 Å². The molecule has 4 rings (SSSR count). The van der Waals surface area contributed by atoms with Gasteiger partial charge in [-0.1, -0.05) is 0 Å². The predicted molar refractivity (Wildman–Crippen MR) is 132 cm³/mol. The van der Waals surface area contributed by atoms with E-state index in [9.17, 15) is 27.6 Å². The van der Waals surface area contributed by atoms with Crippen LogP contribution in [0, 0.1) is 13.8 Å². The Morgan fingerprint density at radius 2 is 0.886 bits per heavy atom. The van der Waals surface area contributed by atoms with Crippen molar-refractivity contribution in [2.75, 3.05) is 11.5 Å². The number of H-pyrrole nitrogens is 4. The van der Waals surface area contributed by atoms with Gasteiger partial charge in [0.2, 0.25) is 9.84 Å². The summed E-state index contributed by atoms with van der Waals surface area (Å²) in [6.07, 6.45) is 0. The van der Waals surface area contributed by atoms with E-state index >= 15 is 0 Å². The summed E-state index contributed by atoms with van der Waals surface area (Å²) < 4.78 is 24.3. The minimum atomic E-state index is -3.48. The van der Waals surface area contributed by atoms with E-state index in [-0.39, 0.29) is 20.9 Å². The number of hydrogen-bond acceptors (Lipinski definition) is 8. The molecule has 0 atom stereocenters. The van der Waals surface area contributed by atoms with E-state index in [0.717, 1.165) is 0 Å². The normalized spacial score (nSPS) is 10.3. The van der Waals surface area contributed by atoms with Gasteiger partial charge in [0, 0.05) is 34.9 Å². The number of anilines is 2. The van der Waals surface area contributed by atoms with Crippen LogP contribution in [-0.2, 0) is 9.84 Å². The van der Waals surface area contributed by atoms with Gasteiger partial charge in [0.1, 0.15) is 0 Å². The van der Waals surface area contributed by atoms with Crippen molar-refractivity contribution < 1.29 is 8.42 Å². The number of aromatic nitrogens is 4. The van der Waals surface area contributed by atoms with Crippen molar-refractivity contribution in [3.05, 3.63) is 114 Å². The topological polar surface area (TPSA) is 218 Å². The fourth-order valence-corrected chi connectivity index (χ4v) is 3.87. The minimum absolute atomic E-state index is 0.219. The van der Waals surface area contributed by atoms with E-state index in [4.69, 9.17) is 11.5 Å². The van der Waals surface area contributed by atoms with Crippen molar-refractivity contribution in [3.63, 3.8) is 0 Å². The second kappa shape index (κ2) is 11.5. The maximum Gasteiger partial charge on any atom is 0.325 e. The molecule has 0 unspecified atom stereocenters. The number of nitrogens with one attached hydrogen (secondary N) is 4. The Hall–Kier alpha value is -4.65. The molecule has 35 heavy (non-hydrogen) atoms. The van der Waals surface area contributed by atoms with Crippen molar-refractivity contribution in [1.82, 2.24) is 19.9 Å². The standard InChI is InChI=1S/C12H12N2O2S.2C5H6N2O2/c13-9-1-5-11(6-2-9)17(15,16)12-7-3-10(14)4-8-12;2*1-3-2-4(8)7-5(9)6-3/h1-8H,13-14H2;2*2H,1H3,(H2,6,7,8,9). The highest BCUT2D eigenvalue weighted by Crippen LogP contribution is 2.22. The third-order valence-corrected chi connectivity index (χ3v) is 5.96. The second-order valence-electron chi connectivity index (χ2n) is 7.18. The number of nitrogen functional groups attached to an aromatic ring is 2. The second-order valence-corrected chi connectivity index (χ2v) is 9.13. The summed E-state index contributed by atoms with van der Waals surface area (Å²) in [6, 6.07) is 14.8. The fraction of sp³-hybridized carbons (Fsp3) is 0.0909. The number of nitrogens with two attached hydrogens (primary N) is 2. The quantitative estimate of drug-likeness (QED) is 0.211. The maximum atomic E-state index is 12.2. The van der Waals surface area contributed by atoms with Gasteiger partial charge < -0.3 is 21.4 Å². The lowest BCUT2D eigenvalue weighted by atomic mass is 10.3. The Balaban J connectivity index is 0.000000203. The van der Waals surface area contributed by atoms with Crippen molar-refractivity contribution >= 4 is 21.2 Å². The molecule has 0 amide bonds. The molecule has 0 spiro atoms. The van der Waals surface area contributed by atoms with Crippen molar-refractivity contribution in [2.24, 2.45) is 0 Å². The van der Waals surface area contributed by atoms with Crippen LogP contribution in [0.15, 0.2) is 89.6 Å². The molecule has 0 bridgehead atoms. The van der Waals surface area contributed by atoms with Gasteiger partial charge in [0.15, 0.2) is 0 Å². The van der Waals surface area contributed by atoms with Crippen LogP contribution in [0.5, 0.6) is 0 Å². The van der Waals surface area contributed by atoms with Crippen LogP contribution in [0.1, 0.15) is 11.4 Å². The van der Waals surface area contributed by atoms with E-state index in [2.05, 4.69) is 9.97 Å². The van der Waals surface area contributed by atoms with Crippen LogP contribution >= 0.6 is 0 Å². The summed E-state index contributed by atoms with van der Waals surface area (Å²) in [5.74, 6) is 0. The highest BCUT2D eigenvalue weighted by Gasteiger charge is 2.16. The summed E-state index contributed by atoms with van der Waals surface area (Å²) >= 11 is 0. The monoisotopic (exact) mass is 500 g/mol. The minimum Gasteiger partial charge on any atom is -0.399 e. The Kier molecular flexibility index (Phi) is 8.72. The van der Waals surface area contributed by atoms with Crippen molar-refractivity contribution in [2.45, 2.75) is 23.6 Å². The lowest BCUT2D eigenvalue weighted by Gasteiger charge is -2.05. The molecule has 0 aliphatic rings. The maximum absolute atomic E-state index is 12.2. The highest BCUT2D eigenvalue weighted by atomic mass is 32.2. The zero-order chi connectivity index (χ0) is 26.2. The van der Waals surface area contributed by atoms with Crippen LogP contribution < -0.4 is 34.0 Å². The van der Waals surface area contributed by atoms with Crippen molar-refractivity contribution in [3.8, 4) is 0 Å². The number of rotatable bonds is 2. The molecule has 0 aliphatic carbocycles. The number of hydrogen-bond donors (Lipinski definition) is 6. The molecule has 0 aliphatic heterocycles. The number of aryl methyl sites for hydroxylation is 2. The van der Waals surface area contributed by atoms with Gasteiger partial charge in [-0.15, -0.1) is 0 Å². The molecule has 0 saturated heterocycles. The Labute approximate surface area is 198 Å². The third kappa shape index (κ3) is 8.33. The van der Waals surface area contributed by atoms with Crippen molar-refractivity contribution in [1.29, 1.82) is 0 Å². The summed E-state index contributed by atoms with van der Waals surface area (Å²) in [5, 5.41) is 0. The van der Waals surface area contributed by atoms with Crippen LogP contribution in [-0.4, -0.2) is 28.4 Å². The van der Waals surface area contributed by atoms with E-state index in [0.29, 0.717) is 22.8 Å². The molecule has 2 aromatic carbocycles. The average Bonchev–Trinajstić information content (AvgIpc) is 2.73. The first kappa shape index (κ1) is 26.6. The first-order valence-electron chi connectivity index (χ1n) is 9.93. The molecule has 0 saturated carbocycles. The van der Waals surface area contributed by atoms with Gasteiger partial charge in [-0.05, 0) is 62.4 Å². The number of aromatic amines is 4. The van der Waals surface area contributed by atoms with Crippen LogP contribution in [0.25, 0.3) is 0 Å². The lowest BCUT2D eigenvalue weighted by Crippen LogP contribution is -2.21. The lowest BCUT2D eigenvalue weighted by molar-refractivity contribution is 0.596. The first-order chi connectivity index (χ1) is 16.4. The Morgan fingerprint density at radius 3 is 1.14 bits per heavy atom. The number of benzene rings is 2. The summed E-state index contributed by atoms with van der Waals surface area (Å²) in [4.78, 5) is 51.0. The average molecular weight is 501 g/mol. The molecular formula is C22H24N6O6S. The van der Waals surface area contributed by atoms with Gasteiger partial charge in [0.05, 0.1) is 9.79 Å². The van der Waals surface area contributed by atoms with Gasteiger partial charge >= 0.3 is 11.4 Å². The molecule has 8 N–H and O–H groups in total. The van der Waals surface area contributed by atoms with Gasteiger partial charge in [-0.2, -0.15) is 0 Å². The molecule has 13 heteroatoms. The molecule has 184 valence electrons. The van der Waals surface area contributed by atoms with Gasteiger partial charge in [-0.25, -0.2) is 18.0 Å². The molecule has 0 fully saturated rings. The molecule has 2 aromatic heterocycles. The Morgan fingerprint density at radius 1 is 0.571 bits per heavy atom. The largest absolute Gasteiger partial charge is 0.399 e. The van der Waals surface area contributed by atoms with Gasteiger partial charge in [-0.3, -0.25) is 19.6 Å². The van der Waals surface area contributed by atoms with E-state index < -0.39 is 21.2 Å². The smallest absolute Gasteiger partial charge is 0.325 e. The predicted octanol–water partition coefficient (Wildman–Crippen LogP) is 0.427. The molecule has 2 heterocycles. The zero-order valence-electron chi connectivity index (χ0n) is 18.8.